The monoisotopic (exact) mass is 357 g/mol. The number of morpholine rings is 1. The highest BCUT2D eigenvalue weighted by Gasteiger charge is 2.26. The maximum absolute atomic E-state index is 13.0. The van der Waals surface area contributed by atoms with Crippen molar-refractivity contribution in [3.63, 3.8) is 0 Å². The molecule has 1 aliphatic heterocycles. The van der Waals surface area contributed by atoms with Crippen LogP contribution in [0.25, 0.3) is 0 Å². The molecule has 6 nitrogen and oxygen atoms in total. The van der Waals surface area contributed by atoms with Gasteiger partial charge in [0.15, 0.2) is 0 Å². The van der Waals surface area contributed by atoms with Crippen LogP contribution in [-0.2, 0) is 4.74 Å². The van der Waals surface area contributed by atoms with E-state index in [1.165, 1.54) is 0 Å². The first kappa shape index (κ1) is 18.1. The second kappa shape index (κ2) is 8.10. The Kier molecular flexibility index (Phi) is 5.63. The number of carbonyl (C=O) groups is 1. The van der Waals surface area contributed by atoms with Gasteiger partial charge in [-0.1, -0.05) is 12.1 Å². The van der Waals surface area contributed by atoms with Gasteiger partial charge in [0.05, 0.1) is 34.5 Å². The highest BCUT2D eigenvalue weighted by Crippen LogP contribution is 2.27. The van der Waals surface area contributed by atoms with E-state index in [0.29, 0.717) is 36.8 Å². The predicted octanol–water partition coefficient (Wildman–Crippen LogP) is 2.93. The van der Waals surface area contributed by atoms with Crippen molar-refractivity contribution in [1.29, 1.82) is 0 Å². The zero-order valence-corrected chi connectivity index (χ0v) is 15.2. The smallest absolute Gasteiger partial charge is 0.254 e. The van der Waals surface area contributed by atoms with Crippen molar-refractivity contribution in [1.82, 2.24) is 4.90 Å². The number of amides is 1. The van der Waals surface area contributed by atoms with Crippen LogP contribution in [0.2, 0.25) is 0 Å². The first-order chi connectivity index (χ1) is 12.6. The summed E-state index contributed by atoms with van der Waals surface area (Å²) < 4.78 is 21.6. The van der Waals surface area contributed by atoms with E-state index in [0.717, 1.165) is 11.3 Å². The molecule has 3 rings (SSSR count). The van der Waals surface area contributed by atoms with Crippen molar-refractivity contribution >= 4 is 5.91 Å². The number of nitrogens with zero attached hydrogens (tertiary/aromatic N) is 1. The molecule has 1 heterocycles. The van der Waals surface area contributed by atoms with Crippen molar-refractivity contribution < 1.29 is 23.7 Å². The van der Waals surface area contributed by atoms with E-state index in [1.807, 2.05) is 24.3 Å². The minimum Gasteiger partial charge on any atom is -0.497 e. The SMILES string of the molecule is COc1ccc(C2CN(C(=O)c3cc(OC)cc(OC)c3)CCO2)cc1. The second-order valence-electron chi connectivity index (χ2n) is 5.99. The fourth-order valence-electron chi connectivity index (χ4n) is 2.97. The van der Waals surface area contributed by atoms with Crippen LogP contribution in [0.5, 0.6) is 17.2 Å². The van der Waals surface area contributed by atoms with Crippen LogP contribution in [0.15, 0.2) is 42.5 Å². The number of hydrogen-bond donors (Lipinski definition) is 0. The van der Waals surface area contributed by atoms with Crippen molar-refractivity contribution in [2.75, 3.05) is 41.0 Å². The Morgan fingerprint density at radius 1 is 0.962 bits per heavy atom. The van der Waals surface area contributed by atoms with Crippen molar-refractivity contribution in [3.05, 3.63) is 53.6 Å². The molecule has 1 fully saturated rings. The van der Waals surface area contributed by atoms with Crippen LogP contribution in [0.1, 0.15) is 22.0 Å². The molecular formula is C20H23NO5. The highest BCUT2D eigenvalue weighted by atomic mass is 16.5. The zero-order valence-electron chi connectivity index (χ0n) is 15.2. The third kappa shape index (κ3) is 3.91. The van der Waals surface area contributed by atoms with E-state index < -0.39 is 0 Å². The number of methoxy groups -OCH3 is 3. The lowest BCUT2D eigenvalue weighted by Gasteiger charge is -2.33. The highest BCUT2D eigenvalue weighted by molar-refractivity contribution is 5.95. The standard InChI is InChI=1S/C20H23NO5/c1-23-16-6-4-14(5-7-16)19-13-21(8-9-26-19)20(22)15-10-17(24-2)12-18(11-15)25-3/h4-7,10-12,19H,8-9,13H2,1-3H3. The molecule has 2 aromatic carbocycles. The molecule has 0 radical (unpaired) electrons. The predicted molar refractivity (Wildman–Crippen MR) is 97.1 cm³/mol. The molecule has 1 aliphatic rings. The Bertz CT molecular complexity index is 737. The van der Waals surface area contributed by atoms with Crippen LogP contribution < -0.4 is 14.2 Å². The second-order valence-corrected chi connectivity index (χ2v) is 5.99. The van der Waals surface area contributed by atoms with E-state index in [1.54, 1.807) is 44.4 Å². The van der Waals surface area contributed by atoms with Crippen molar-refractivity contribution in [2.24, 2.45) is 0 Å². The molecule has 0 N–H and O–H groups in total. The van der Waals surface area contributed by atoms with Gasteiger partial charge in [-0.3, -0.25) is 4.79 Å². The van der Waals surface area contributed by atoms with Crippen LogP contribution in [-0.4, -0.2) is 51.8 Å². The fourth-order valence-corrected chi connectivity index (χ4v) is 2.97. The average molecular weight is 357 g/mol. The Morgan fingerprint density at radius 2 is 1.58 bits per heavy atom. The first-order valence-corrected chi connectivity index (χ1v) is 8.42. The van der Waals surface area contributed by atoms with Gasteiger partial charge in [0, 0.05) is 18.2 Å². The summed E-state index contributed by atoms with van der Waals surface area (Å²) in [7, 11) is 4.77. The van der Waals surface area contributed by atoms with Gasteiger partial charge < -0.3 is 23.8 Å². The quantitative estimate of drug-likeness (QED) is 0.823. The number of carbonyl (C=O) groups excluding carboxylic acids is 1. The zero-order chi connectivity index (χ0) is 18.5. The summed E-state index contributed by atoms with van der Waals surface area (Å²) in [6, 6.07) is 12.9. The van der Waals surface area contributed by atoms with E-state index in [4.69, 9.17) is 18.9 Å². The summed E-state index contributed by atoms with van der Waals surface area (Å²) in [5.41, 5.74) is 1.56. The van der Waals surface area contributed by atoms with Gasteiger partial charge in [0.25, 0.3) is 5.91 Å². The summed E-state index contributed by atoms with van der Waals surface area (Å²) in [5.74, 6) is 1.91. The van der Waals surface area contributed by atoms with Gasteiger partial charge in [-0.2, -0.15) is 0 Å². The molecule has 0 spiro atoms. The Morgan fingerprint density at radius 3 is 2.15 bits per heavy atom. The molecule has 0 saturated carbocycles. The van der Waals surface area contributed by atoms with Crippen LogP contribution >= 0.6 is 0 Å². The fraction of sp³-hybridized carbons (Fsp3) is 0.350. The molecule has 1 atom stereocenters. The lowest BCUT2D eigenvalue weighted by atomic mass is 10.1. The van der Waals surface area contributed by atoms with Crippen molar-refractivity contribution in [3.8, 4) is 17.2 Å². The largest absolute Gasteiger partial charge is 0.497 e. The molecule has 26 heavy (non-hydrogen) atoms. The number of ether oxygens (including phenoxy) is 4. The summed E-state index contributed by atoms with van der Waals surface area (Å²) >= 11 is 0. The van der Waals surface area contributed by atoms with Crippen LogP contribution in [0.3, 0.4) is 0 Å². The van der Waals surface area contributed by atoms with Gasteiger partial charge in [-0.15, -0.1) is 0 Å². The Balaban J connectivity index is 1.77. The summed E-state index contributed by atoms with van der Waals surface area (Å²) in [6.45, 7) is 1.53. The third-order valence-corrected chi connectivity index (χ3v) is 4.44. The van der Waals surface area contributed by atoms with E-state index in [9.17, 15) is 4.79 Å². The Hall–Kier alpha value is -2.73. The summed E-state index contributed by atoms with van der Waals surface area (Å²) in [6.07, 6.45) is -0.161. The lowest BCUT2D eigenvalue weighted by molar-refractivity contribution is -0.0228. The van der Waals surface area contributed by atoms with E-state index in [2.05, 4.69) is 0 Å². The number of hydrogen-bond acceptors (Lipinski definition) is 5. The first-order valence-electron chi connectivity index (χ1n) is 8.42. The molecule has 0 bridgehead atoms. The van der Waals surface area contributed by atoms with Gasteiger partial charge in [0.2, 0.25) is 0 Å². The molecule has 0 aromatic heterocycles. The minimum absolute atomic E-state index is 0.0657. The average Bonchev–Trinajstić information content (AvgIpc) is 2.72. The maximum Gasteiger partial charge on any atom is 0.254 e. The number of benzene rings is 2. The Labute approximate surface area is 153 Å². The molecule has 1 unspecified atom stereocenters. The summed E-state index contributed by atoms with van der Waals surface area (Å²) in [5, 5.41) is 0. The van der Waals surface area contributed by atoms with E-state index >= 15 is 0 Å². The molecule has 1 saturated heterocycles. The maximum atomic E-state index is 13.0. The normalized spacial score (nSPS) is 16.9. The van der Waals surface area contributed by atoms with Gasteiger partial charge in [-0.25, -0.2) is 0 Å². The molecule has 138 valence electrons. The number of rotatable bonds is 5. The van der Waals surface area contributed by atoms with Crippen molar-refractivity contribution in [2.45, 2.75) is 6.10 Å². The minimum atomic E-state index is -0.161. The molecule has 0 aliphatic carbocycles. The van der Waals surface area contributed by atoms with Crippen LogP contribution in [0.4, 0.5) is 0 Å². The topological polar surface area (TPSA) is 57.2 Å². The molecule has 6 heteroatoms. The molecule has 1 amide bonds. The molecular weight excluding hydrogens is 334 g/mol. The summed E-state index contributed by atoms with van der Waals surface area (Å²) in [4.78, 5) is 14.8. The van der Waals surface area contributed by atoms with Crippen LogP contribution in [0, 0.1) is 0 Å². The van der Waals surface area contributed by atoms with Gasteiger partial charge in [0.1, 0.15) is 23.4 Å². The molecule has 2 aromatic rings. The third-order valence-electron chi connectivity index (χ3n) is 4.44. The van der Waals surface area contributed by atoms with Gasteiger partial charge >= 0.3 is 0 Å². The van der Waals surface area contributed by atoms with Gasteiger partial charge in [-0.05, 0) is 29.8 Å². The van der Waals surface area contributed by atoms with E-state index in [-0.39, 0.29) is 12.0 Å². The lowest BCUT2D eigenvalue weighted by Crippen LogP contribution is -2.42.